The maximum absolute atomic E-state index is 11.6. The van der Waals surface area contributed by atoms with Gasteiger partial charge in [0.25, 0.3) is 0 Å². The highest BCUT2D eigenvalue weighted by atomic mass is 79.9. The molecular formula is C8H4Br2ClNO4. The molecule has 0 heterocycles. The first kappa shape index (κ1) is 13.4. The number of hydrogen-bond acceptors (Lipinski definition) is 4. The van der Waals surface area contributed by atoms with Gasteiger partial charge in [0, 0.05) is 0 Å². The molecule has 5 nitrogen and oxygen atoms in total. The smallest absolute Gasteiger partial charge is 0.411 e. The summed E-state index contributed by atoms with van der Waals surface area (Å²) >= 11 is 11.4. The number of amides is 1. The molecule has 0 bridgehead atoms. The van der Waals surface area contributed by atoms with Gasteiger partial charge in [-0.1, -0.05) is 11.6 Å². The zero-order chi connectivity index (χ0) is 12.5. The molecule has 0 aromatic heterocycles. The first-order valence-corrected chi connectivity index (χ1v) is 5.76. The van der Waals surface area contributed by atoms with Crippen LogP contribution in [0.5, 0.6) is 0 Å². The van der Waals surface area contributed by atoms with Crippen LogP contribution < -0.4 is 5.32 Å². The second-order valence-electron chi connectivity index (χ2n) is 2.59. The molecule has 8 heteroatoms. The van der Waals surface area contributed by atoms with E-state index in [-0.39, 0.29) is 19.7 Å². The van der Waals surface area contributed by atoms with Crippen LogP contribution in [-0.4, -0.2) is 24.8 Å². The lowest BCUT2D eigenvalue weighted by molar-refractivity contribution is -0.115. The highest BCUT2D eigenvalue weighted by molar-refractivity contribution is 9.12. The molecule has 86 valence electrons. The molecule has 1 aliphatic rings. The SMILES string of the molecule is COC(=O)NC1=C(Br)C(=O)C(Cl)=C(Br)C1=O. The van der Waals surface area contributed by atoms with Crippen LogP contribution in [0.2, 0.25) is 0 Å². The first-order valence-electron chi connectivity index (χ1n) is 3.79. The van der Waals surface area contributed by atoms with Gasteiger partial charge in [0.2, 0.25) is 11.6 Å². The third-order valence-electron chi connectivity index (χ3n) is 1.65. The number of ether oxygens (including phenoxy) is 1. The van der Waals surface area contributed by atoms with Gasteiger partial charge in [-0.05, 0) is 31.9 Å². The Morgan fingerprint density at radius 3 is 2.31 bits per heavy atom. The fraction of sp³-hybridized carbons (Fsp3) is 0.125. The third-order valence-corrected chi connectivity index (χ3v) is 3.75. The number of carbonyl (C=O) groups excluding carboxylic acids is 3. The van der Waals surface area contributed by atoms with Crippen molar-refractivity contribution < 1.29 is 19.1 Å². The van der Waals surface area contributed by atoms with Gasteiger partial charge in [-0.15, -0.1) is 0 Å². The maximum Gasteiger partial charge on any atom is 0.411 e. The van der Waals surface area contributed by atoms with E-state index in [1.807, 2.05) is 0 Å². The van der Waals surface area contributed by atoms with Gasteiger partial charge in [-0.3, -0.25) is 14.9 Å². The number of Topliss-reactive ketones (excluding diaryl/α,β-unsaturated/α-hetero) is 2. The topological polar surface area (TPSA) is 72.5 Å². The van der Waals surface area contributed by atoms with Crippen molar-refractivity contribution in [3.63, 3.8) is 0 Å². The molecule has 0 radical (unpaired) electrons. The van der Waals surface area contributed by atoms with Crippen molar-refractivity contribution in [2.24, 2.45) is 0 Å². The van der Waals surface area contributed by atoms with E-state index in [9.17, 15) is 14.4 Å². The van der Waals surface area contributed by atoms with Crippen molar-refractivity contribution in [2.45, 2.75) is 0 Å². The van der Waals surface area contributed by atoms with Crippen molar-refractivity contribution in [1.29, 1.82) is 0 Å². The second-order valence-corrected chi connectivity index (χ2v) is 4.56. The van der Waals surface area contributed by atoms with E-state index in [4.69, 9.17) is 11.6 Å². The quantitative estimate of drug-likeness (QED) is 0.713. The van der Waals surface area contributed by atoms with Crippen molar-refractivity contribution in [3.05, 3.63) is 19.7 Å². The van der Waals surface area contributed by atoms with E-state index in [1.54, 1.807) is 0 Å². The van der Waals surface area contributed by atoms with Gasteiger partial charge >= 0.3 is 6.09 Å². The van der Waals surface area contributed by atoms with E-state index in [1.165, 1.54) is 0 Å². The number of carbonyl (C=O) groups is 3. The van der Waals surface area contributed by atoms with Crippen LogP contribution in [0, 0.1) is 0 Å². The molecule has 1 rings (SSSR count). The Kier molecular flexibility index (Phi) is 4.28. The average Bonchev–Trinajstić information content (AvgIpc) is 2.29. The molecule has 0 fully saturated rings. The first-order chi connectivity index (χ1) is 7.40. The Morgan fingerprint density at radius 1 is 1.25 bits per heavy atom. The lowest BCUT2D eigenvalue weighted by Gasteiger charge is -2.15. The molecule has 0 saturated carbocycles. The molecule has 0 unspecified atom stereocenters. The van der Waals surface area contributed by atoms with Crippen LogP contribution in [0.4, 0.5) is 4.79 Å². The summed E-state index contributed by atoms with van der Waals surface area (Å²) in [4.78, 5) is 34.1. The summed E-state index contributed by atoms with van der Waals surface area (Å²) in [6, 6.07) is 0. The largest absolute Gasteiger partial charge is 0.453 e. The zero-order valence-corrected chi connectivity index (χ0v) is 11.7. The summed E-state index contributed by atoms with van der Waals surface area (Å²) < 4.78 is 4.10. The number of halogens is 3. The van der Waals surface area contributed by atoms with Crippen LogP contribution >= 0.6 is 43.5 Å². The summed E-state index contributed by atoms with van der Waals surface area (Å²) in [6.07, 6.45) is -0.855. The monoisotopic (exact) mass is 371 g/mol. The summed E-state index contributed by atoms with van der Waals surface area (Å²) in [7, 11) is 1.14. The summed E-state index contributed by atoms with van der Waals surface area (Å²) in [6.45, 7) is 0. The van der Waals surface area contributed by atoms with Crippen molar-refractivity contribution in [3.8, 4) is 0 Å². The maximum atomic E-state index is 11.6. The van der Waals surface area contributed by atoms with Crippen LogP contribution in [0.3, 0.4) is 0 Å². The number of rotatable bonds is 1. The lowest BCUT2D eigenvalue weighted by Crippen LogP contribution is -2.32. The zero-order valence-electron chi connectivity index (χ0n) is 7.77. The van der Waals surface area contributed by atoms with Crippen LogP contribution in [0.15, 0.2) is 19.7 Å². The molecule has 0 aromatic carbocycles. The average molecular weight is 373 g/mol. The van der Waals surface area contributed by atoms with E-state index in [0.717, 1.165) is 7.11 Å². The predicted octanol–water partition coefficient (Wildman–Crippen LogP) is 1.95. The van der Waals surface area contributed by atoms with E-state index in [0.29, 0.717) is 0 Å². The van der Waals surface area contributed by atoms with Gasteiger partial charge in [0.05, 0.1) is 16.1 Å². The number of alkyl carbamates (subject to hydrolysis) is 1. The number of nitrogens with one attached hydrogen (secondary N) is 1. The third kappa shape index (κ3) is 2.36. The fourth-order valence-electron chi connectivity index (χ4n) is 0.883. The Hall–Kier alpha value is -0.660. The minimum absolute atomic E-state index is 0.103. The van der Waals surface area contributed by atoms with Crippen LogP contribution in [0.1, 0.15) is 0 Å². The molecule has 0 aromatic rings. The van der Waals surface area contributed by atoms with Crippen LogP contribution in [-0.2, 0) is 14.3 Å². The minimum Gasteiger partial charge on any atom is -0.453 e. The Balaban J connectivity index is 3.14. The van der Waals surface area contributed by atoms with Gasteiger partial charge in [0.1, 0.15) is 10.7 Å². The highest BCUT2D eigenvalue weighted by Gasteiger charge is 2.32. The van der Waals surface area contributed by atoms with E-state index in [2.05, 4.69) is 41.9 Å². The molecule has 16 heavy (non-hydrogen) atoms. The van der Waals surface area contributed by atoms with Crippen LogP contribution in [0.25, 0.3) is 0 Å². The molecular weight excluding hydrogens is 369 g/mol. The van der Waals surface area contributed by atoms with Gasteiger partial charge in [-0.25, -0.2) is 4.79 Å². The number of methoxy groups -OCH3 is 1. The lowest BCUT2D eigenvalue weighted by atomic mass is 10.1. The van der Waals surface area contributed by atoms with Crippen molar-refractivity contribution in [1.82, 2.24) is 5.32 Å². The standard InChI is InChI=1S/C8H4Br2ClNO4/c1-16-8(15)12-5-3(10)6(13)4(11)2(9)7(5)14/h1H3,(H,12,15). The number of allylic oxidation sites excluding steroid dienone is 3. The van der Waals surface area contributed by atoms with E-state index >= 15 is 0 Å². The number of hydrogen-bond donors (Lipinski definition) is 1. The Morgan fingerprint density at radius 2 is 1.81 bits per heavy atom. The van der Waals surface area contributed by atoms with E-state index < -0.39 is 17.7 Å². The molecule has 1 amide bonds. The van der Waals surface area contributed by atoms with Gasteiger partial charge in [0.15, 0.2) is 0 Å². The molecule has 1 N–H and O–H groups in total. The normalized spacial score (nSPS) is 16.8. The van der Waals surface area contributed by atoms with Crippen molar-refractivity contribution in [2.75, 3.05) is 7.11 Å². The summed E-state index contributed by atoms with van der Waals surface area (Å²) in [5.41, 5.74) is -0.215. The molecule has 0 spiro atoms. The van der Waals surface area contributed by atoms with Gasteiger partial charge in [-0.2, -0.15) is 0 Å². The molecule has 1 aliphatic carbocycles. The molecule has 0 atom stereocenters. The minimum atomic E-state index is -0.855. The summed E-state index contributed by atoms with van der Waals surface area (Å²) in [5.74, 6) is -1.21. The Labute approximate surface area is 112 Å². The predicted molar refractivity (Wildman–Crippen MR) is 63.3 cm³/mol. The van der Waals surface area contributed by atoms with Crippen molar-refractivity contribution >= 4 is 61.1 Å². The molecule has 0 aliphatic heterocycles. The fourth-order valence-corrected chi connectivity index (χ4v) is 2.03. The van der Waals surface area contributed by atoms with Gasteiger partial charge < -0.3 is 4.74 Å². The Bertz CT molecular complexity index is 455. The summed E-state index contributed by atoms with van der Waals surface area (Å²) in [5, 5.41) is 1.88. The second kappa shape index (κ2) is 5.11. The number of ketones is 2. The molecule has 0 saturated heterocycles. The highest BCUT2D eigenvalue weighted by Crippen LogP contribution is 2.32.